The first kappa shape index (κ1) is 15.3. The summed E-state index contributed by atoms with van der Waals surface area (Å²) in [5.74, 6) is 0.948. The lowest BCUT2D eigenvalue weighted by Gasteiger charge is -2.32. The van der Waals surface area contributed by atoms with Crippen molar-refractivity contribution >= 4 is 17.5 Å². The van der Waals surface area contributed by atoms with Crippen LogP contribution in [0.5, 0.6) is 0 Å². The summed E-state index contributed by atoms with van der Waals surface area (Å²) in [4.78, 5) is 14.2. The van der Waals surface area contributed by atoms with Gasteiger partial charge in [0.05, 0.1) is 6.42 Å². The van der Waals surface area contributed by atoms with Crippen LogP contribution in [0.4, 0.5) is 0 Å². The zero-order chi connectivity index (χ0) is 14.4. The van der Waals surface area contributed by atoms with Crippen molar-refractivity contribution in [1.29, 1.82) is 0 Å². The van der Waals surface area contributed by atoms with E-state index in [0.29, 0.717) is 11.4 Å². The van der Waals surface area contributed by atoms with Crippen LogP contribution in [0.3, 0.4) is 0 Å². The van der Waals surface area contributed by atoms with Crippen molar-refractivity contribution in [3.8, 4) is 0 Å². The minimum Gasteiger partial charge on any atom is -0.342 e. The number of carbonyl (C=O) groups excluding carboxylic acids is 1. The van der Waals surface area contributed by atoms with Gasteiger partial charge in [0, 0.05) is 18.1 Å². The molecule has 1 heterocycles. The van der Waals surface area contributed by atoms with Gasteiger partial charge in [0.1, 0.15) is 0 Å². The summed E-state index contributed by atoms with van der Waals surface area (Å²) < 4.78 is 0. The topological polar surface area (TPSA) is 32.3 Å². The van der Waals surface area contributed by atoms with E-state index >= 15 is 0 Å². The number of piperidine rings is 1. The van der Waals surface area contributed by atoms with Gasteiger partial charge in [0.25, 0.3) is 0 Å². The third-order valence-electron chi connectivity index (χ3n) is 3.92. The molecular weight excluding hydrogens is 272 g/mol. The molecule has 1 saturated heterocycles. The number of likely N-dealkylation sites (tertiary alicyclic amines) is 1. The zero-order valence-corrected chi connectivity index (χ0v) is 12.8. The van der Waals surface area contributed by atoms with Crippen molar-refractivity contribution in [2.75, 3.05) is 26.2 Å². The van der Waals surface area contributed by atoms with Gasteiger partial charge < -0.3 is 10.2 Å². The number of halogens is 1. The fourth-order valence-electron chi connectivity index (χ4n) is 2.62. The highest BCUT2D eigenvalue weighted by Crippen LogP contribution is 2.18. The van der Waals surface area contributed by atoms with E-state index in [1.807, 2.05) is 29.2 Å². The van der Waals surface area contributed by atoms with Crippen molar-refractivity contribution in [3.63, 3.8) is 0 Å². The molecule has 1 fully saturated rings. The Morgan fingerprint density at radius 1 is 1.30 bits per heavy atom. The van der Waals surface area contributed by atoms with Gasteiger partial charge in [-0.2, -0.15) is 0 Å². The van der Waals surface area contributed by atoms with Gasteiger partial charge >= 0.3 is 0 Å². The molecule has 0 radical (unpaired) electrons. The summed E-state index contributed by atoms with van der Waals surface area (Å²) >= 11 is 5.85. The molecule has 3 nitrogen and oxygen atoms in total. The van der Waals surface area contributed by atoms with Gasteiger partial charge in [-0.05, 0) is 49.5 Å². The van der Waals surface area contributed by atoms with Crippen molar-refractivity contribution in [1.82, 2.24) is 10.2 Å². The van der Waals surface area contributed by atoms with Gasteiger partial charge in [0.15, 0.2) is 0 Å². The molecule has 2 rings (SSSR count). The lowest BCUT2D eigenvalue weighted by atomic mass is 9.96. The summed E-state index contributed by atoms with van der Waals surface area (Å²) in [6, 6.07) is 7.54. The summed E-state index contributed by atoms with van der Waals surface area (Å²) in [6.07, 6.45) is 2.70. The van der Waals surface area contributed by atoms with Crippen LogP contribution in [0.2, 0.25) is 5.02 Å². The number of hydrogen-bond donors (Lipinski definition) is 1. The van der Waals surface area contributed by atoms with Crippen molar-refractivity contribution in [2.24, 2.45) is 5.92 Å². The second-order valence-corrected chi connectivity index (χ2v) is 5.87. The standard InChI is InChI=1S/C16H23ClN2O/c1-2-18-12-14-7-9-19(10-8-14)16(20)11-13-3-5-15(17)6-4-13/h3-6,14,18H,2,7-12H2,1H3. The molecular formula is C16H23ClN2O. The lowest BCUT2D eigenvalue weighted by molar-refractivity contribution is -0.131. The lowest BCUT2D eigenvalue weighted by Crippen LogP contribution is -2.41. The monoisotopic (exact) mass is 294 g/mol. The second kappa shape index (κ2) is 7.65. The smallest absolute Gasteiger partial charge is 0.226 e. The molecule has 20 heavy (non-hydrogen) atoms. The molecule has 1 aromatic rings. The Kier molecular flexibility index (Phi) is 5.86. The minimum atomic E-state index is 0.231. The maximum absolute atomic E-state index is 12.3. The summed E-state index contributed by atoms with van der Waals surface area (Å²) in [5, 5.41) is 4.10. The van der Waals surface area contributed by atoms with Crippen molar-refractivity contribution < 1.29 is 4.79 Å². The predicted molar refractivity (Wildman–Crippen MR) is 83.0 cm³/mol. The van der Waals surface area contributed by atoms with E-state index in [-0.39, 0.29) is 5.91 Å². The summed E-state index contributed by atoms with van der Waals surface area (Å²) in [5.41, 5.74) is 1.04. The van der Waals surface area contributed by atoms with Crippen molar-refractivity contribution in [3.05, 3.63) is 34.9 Å². The molecule has 110 valence electrons. The molecule has 1 amide bonds. The third kappa shape index (κ3) is 4.50. The first-order chi connectivity index (χ1) is 9.69. The number of nitrogens with zero attached hydrogens (tertiary/aromatic N) is 1. The molecule has 0 aliphatic carbocycles. The van der Waals surface area contributed by atoms with Gasteiger partial charge in [-0.25, -0.2) is 0 Å². The number of hydrogen-bond acceptors (Lipinski definition) is 2. The van der Waals surface area contributed by atoms with Crippen LogP contribution in [0.1, 0.15) is 25.3 Å². The highest BCUT2D eigenvalue weighted by atomic mass is 35.5. The highest BCUT2D eigenvalue weighted by molar-refractivity contribution is 6.30. The van der Waals surface area contributed by atoms with E-state index in [1.54, 1.807) is 0 Å². The minimum absolute atomic E-state index is 0.231. The Morgan fingerprint density at radius 3 is 2.55 bits per heavy atom. The fraction of sp³-hybridized carbons (Fsp3) is 0.562. The third-order valence-corrected chi connectivity index (χ3v) is 4.17. The van der Waals surface area contributed by atoms with Crippen LogP contribution in [-0.2, 0) is 11.2 Å². The van der Waals surface area contributed by atoms with E-state index in [9.17, 15) is 4.79 Å². The molecule has 1 aromatic carbocycles. The van der Waals surface area contributed by atoms with Gasteiger partial charge in [-0.1, -0.05) is 30.7 Å². The number of carbonyl (C=O) groups is 1. The number of rotatable bonds is 5. The van der Waals surface area contributed by atoms with Crippen LogP contribution >= 0.6 is 11.6 Å². The first-order valence-corrected chi connectivity index (χ1v) is 7.79. The Hall–Kier alpha value is -1.06. The number of benzene rings is 1. The maximum atomic E-state index is 12.3. The van der Waals surface area contributed by atoms with E-state index in [2.05, 4.69) is 12.2 Å². The highest BCUT2D eigenvalue weighted by Gasteiger charge is 2.22. The fourth-order valence-corrected chi connectivity index (χ4v) is 2.75. The van der Waals surface area contributed by atoms with Crippen LogP contribution in [-0.4, -0.2) is 37.0 Å². The Labute approximate surface area is 126 Å². The van der Waals surface area contributed by atoms with Crippen LogP contribution in [0, 0.1) is 5.92 Å². The molecule has 0 unspecified atom stereocenters. The second-order valence-electron chi connectivity index (χ2n) is 5.44. The Bertz CT molecular complexity index is 425. The number of nitrogens with one attached hydrogen (secondary N) is 1. The van der Waals surface area contributed by atoms with E-state index in [1.165, 1.54) is 0 Å². The molecule has 0 saturated carbocycles. The molecule has 0 atom stereocenters. The largest absolute Gasteiger partial charge is 0.342 e. The quantitative estimate of drug-likeness (QED) is 0.906. The van der Waals surface area contributed by atoms with E-state index in [0.717, 1.165) is 50.5 Å². The molecule has 0 aromatic heterocycles. The predicted octanol–water partition coefficient (Wildman–Crippen LogP) is 2.73. The van der Waals surface area contributed by atoms with Crippen LogP contribution in [0.25, 0.3) is 0 Å². The maximum Gasteiger partial charge on any atom is 0.226 e. The molecule has 1 aliphatic rings. The average molecular weight is 295 g/mol. The zero-order valence-electron chi connectivity index (χ0n) is 12.1. The normalized spacial score (nSPS) is 16.4. The van der Waals surface area contributed by atoms with Gasteiger partial charge in [0.2, 0.25) is 5.91 Å². The molecule has 0 bridgehead atoms. The van der Waals surface area contributed by atoms with E-state index < -0.39 is 0 Å². The van der Waals surface area contributed by atoms with Crippen molar-refractivity contribution in [2.45, 2.75) is 26.2 Å². The summed E-state index contributed by atoms with van der Waals surface area (Å²) in [6.45, 7) is 6.02. The molecule has 1 N–H and O–H groups in total. The van der Waals surface area contributed by atoms with Crippen LogP contribution < -0.4 is 5.32 Å². The van der Waals surface area contributed by atoms with E-state index in [4.69, 9.17) is 11.6 Å². The number of amides is 1. The van der Waals surface area contributed by atoms with Crippen LogP contribution in [0.15, 0.2) is 24.3 Å². The molecule has 0 spiro atoms. The first-order valence-electron chi connectivity index (χ1n) is 7.42. The van der Waals surface area contributed by atoms with Gasteiger partial charge in [-0.3, -0.25) is 4.79 Å². The molecule has 1 aliphatic heterocycles. The van der Waals surface area contributed by atoms with Gasteiger partial charge in [-0.15, -0.1) is 0 Å². The Balaban J connectivity index is 1.78. The molecule has 4 heteroatoms. The summed E-state index contributed by atoms with van der Waals surface area (Å²) in [7, 11) is 0. The average Bonchev–Trinajstić information content (AvgIpc) is 2.48. The SMILES string of the molecule is CCNCC1CCN(C(=O)Cc2ccc(Cl)cc2)CC1. The Morgan fingerprint density at radius 2 is 1.95 bits per heavy atom.